The Morgan fingerprint density at radius 2 is 2.28 bits per heavy atom. The molecule has 0 aromatic carbocycles. The molecule has 0 saturated carbocycles. The molecule has 0 fully saturated rings. The zero-order chi connectivity index (χ0) is 13.5. The summed E-state index contributed by atoms with van der Waals surface area (Å²) in [5.74, 6) is -0.275. The summed E-state index contributed by atoms with van der Waals surface area (Å²) >= 11 is 1.73. The highest BCUT2D eigenvalue weighted by Crippen LogP contribution is 2.02. The lowest BCUT2D eigenvalue weighted by atomic mass is 10.3. The molecule has 1 aromatic heterocycles. The maximum Gasteiger partial charge on any atom is 0.325 e. The monoisotopic (exact) mass is 272 g/mol. The van der Waals surface area contributed by atoms with Gasteiger partial charge in [-0.25, -0.2) is 4.68 Å². The first-order valence-electron chi connectivity index (χ1n) is 5.41. The summed E-state index contributed by atoms with van der Waals surface area (Å²) < 4.78 is 1.13. The van der Waals surface area contributed by atoms with Crippen LogP contribution in [0.15, 0.2) is 6.20 Å². The van der Waals surface area contributed by atoms with Crippen molar-refractivity contribution in [3.63, 3.8) is 0 Å². The molecular formula is C10H16N4O3S. The quantitative estimate of drug-likeness (QED) is 0.713. The second kappa shape index (κ2) is 7.00. The average Bonchev–Trinajstić information content (AvgIpc) is 2.75. The van der Waals surface area contributed by atoms with Gasteiger partial charge in [-0.1, -0.05) is 5.21 Å². The molecule has 100 valence electrons. The number of thioether (sulfide) groups is 1. The molecule has 0 aliphatic carbocycles. The van der Waals surface area contributed by atoms with Crippen LogP contribution < -0.4 is 0 Å². The molecule has 0 unspecified atom stereocenters. The normalized spacial score (nSPS) is 10.3. The van der Waals surface area contributed by atoms with Crippen LogP contribution in [-0.4, -0.2) is 62.5 Å². The molecule has 8 heteroatoms. The zero-order valence-electron chi connectivity index (χ0n) is 10.4. The Balaban J connectivity index is 2.55. The minimum absolute atomic E-state index is 0.169. The van der Waals surface area contributed by atoms with Gasteiger partial charge in [0.2, 0.25) is 0 Å². The van der Waals surface area contributed by atoms with Crippen LogP contribution in [0.25, 0.3) is 0 Å². The minimum Gasteiger partial charge on any atom is -0.480 e. The van der Waals surface area contributed by atoms with Gasteiger partial charge in [0.15, 0.2) is 5.69 Å². The van der Waals surface area contributed by atoms with Gasteiger partial charge >= 0.3 is 5.97 Å². The first-order valence-corrected chi connectivity index (χ1v) is 6.80. The number of nitrogens with zero attached hydrogens (tertiary/aromatic N) is 4. The van der Waals surface area contributed by atoms with E-state index < -0.39 is 5.97 Å². The lowest BCUT2D eigenvalue weighted by Gasteiger charge is -2.14. The van der Waals surface area contributed by atoms with Crippen LogP contribution in [0.3, 0.4) is 0 Å². The Kier molecular flexibility index (Phi) is 5.63. The zero-order valence-corrected chi connectivity index (χ0v) is 11.2. The van der Waals surface area contributed by atoms with Gasteiger partial charge < -0.3 is 10.0 Å². The fourth-order valence-electron chi connectivity index (χ4n) is 1.36. The lowest BCUT2D eigenvalue weighted by Crippen LogP contribution is -2.28. The summed E-state index contributed by atoms with van der Waals surface area (Å²) in [6.45, 7) is 0.349. The van der Waals surface area contributed by atoms with Crippen molar-refractivity contribution in [2.45, 2.75) is 13.0 Å². The van der Waals surface area contributed by atoms with E-state index in [4.69, 9.17) is 5.11 Å². The predicted molar refractivity (Wildman–Crippen MR) is 67.6 cm³/mol. The lowest BCUT2D eigenvalue weighted by molar-refractivity contribution is -0.137. The van der Waals surface area contributed by atoms with E-state index in [0.717, 1.165) is 16.9 Å². The molecule has 0 radical (unpaired) electrons. The number of amides is 1. The van der Waals surface area contributed by atoms with Crippen LogP contribution in [0.1, 0.15) is 16.9 Å². The van der Waals surface area contributed by atoms with Crippen LogP contribution in [0.2, 0.25) is 0 Å². The number of carbonyl (C=O) groups is 2. The number of hydrogen-bond donors (Lipinski definition) is 1. The number of carboxylic acids is 1. The Morgan fingerprint density at radius 3 is 2.89 bits per heavy atom. The van der Waals surface area contributed by atoms with Crippen molar-refractivity contribution in [1.82, 2.24) is 19.9 Å². The third-order valence-electron chi connectivity index (χ3n) is 2.24. The topological polar surface area (TPSA) is 88.3 Å². The van der Waals surface area contributed by atoms with Crippen LogP contribution >= 0.6 is 11.8 Å². The van der Waals surface area contributed by atoms with E-state index in [1.807, 2.05) is 6.26 Å². The Hall–Kier alpha value is -1.57. The first kappa shape index (κ1) is 14.5. The smallest absolute Gasteiger partial charge is 0.325 e. The maximum atomic E-state index is 11.9. The molecule has 1 N–H and O–H groups in total. The SMILES string of the molecule is CSCCCN(C)C(=O)c1cn(CC(=O)O)nn1. The third-order valence-corrected chi connectivity index (χ3v) is 2.94. The molecule has 1 rings (SSSR count). The van der Waals surface area contributed by atoms with Crippen molar-refractivity contribution in [3.8, 4) is 0 Å². The number of hydrogen-bond acceptors (Lipinski definition) is 5. The number of rotatable bonds is 7. The van der Waals surface area contributed by atoms with Crippen molar-refractivity contribution in [3.05, 3.63) is 11.9 Å². The minimum atomic E-state index is -1.02. The molecule has 0 aliphatic heterocycles. The standard InChI is InChI=1S/C10H16N4O3S/c1-13(4-3-5-18-2)10(17)8-6-14(12-11-8)7-9(15)16/h6H,3-5,7H2,1-2H3,(H,15,16). The highest BCUT2D eigenvalue weighted by molar-refractivity contribution is 7.98. The van der Waals surface area contributed by atoms with Crippen LogP contribution in [0.4, 0.5) is 0 Å². The second-order valence-electron chi connectivity index (χ2n) is 3.77. The van der Waals surface area contributed by atoms with E-state index in [9.17, 15) is 9.59 Å². The molecule has 18 heavy (non-hydrogen) atoms. The van der Waals surface area contributed by atoms with Crippen LogP contribution in [0, 0.1) is 0 Å². The van der Waals surface area contributed by atoms with Gasteiger partial charge in [0.1, 0.15) is 6.54 Å². The summed E-state index contributed by atoms with van der Waals surface area (Å²) in [5.41, 5.74) is 0.169. The summed E-state index contributed by atoms with van der Waals surface area (Å²) in [4.78, 5) is 23.9. The van der Waals surface area contributed by atoms with E-state index in [2.05, 4.69) is 10.3 Å². The van der Waals surface area contributed by atoms with Crippen LogP contribution in [-0.2, 0) is 11.3 Å². The van der Waals surface area contributed by atoms with E-state index in [1.165, 1.54) is 6.20 Å². The van der Waals surface area contributed by atoms with Crippen LogP contribution in [0.5, 0.6) is 0 Å². The second-order valence-corrected chi connectivity index (χ2v) is 4.75. The van der Waals surface area contributed by atoms with Crippen molar-refractivity contribution >= 4 is 23.6 Å². The van der Waals surface area contributed by atoms with Gasteiger partial charge in [0, 0.05) is 13.6 Å². The maximum absolute atomic E-state index is 11.9. The number of aliphatic carboxylic acids is 1. The Bertz CT molecular complexity index is 421. The molecular weight excluding hydrogens is 256 g/mol. The van der Waals surface area contributed by atoms with Crippen molar-refractivity contribution in [2.24, 2.45) is 0 Å². The highest BCUT2D eigenvalue weighted by Gasteiger charge is 2.15. The van der Waals surface area contributed by atoms with Crippen molar-refractivity contribution in [1.29, 1.82) is 0 Å². The Morgan fingerprint density at radius 1 is 1.56 bits per heavy atom. The van der Waals surface area contributed by atoms with E-state index in [-0.39, 0.29) is 18.1 Å². The largest absolute Gasteiger partial charge is 0.480 e. The molecule has 7 nitrogen and oxygen atoms in total. The highest BCUT2D eigenvalue weighted by atomic mass is 32.2. The molecule has 0 bridgehead atoms. The summed E-state index contributed by atoms with van der Waals surface area (Å²) in [5, 5.41) is 15.8. The number of carboxylic acid groups (broad SMARTS) is 1. The Labute approximate surface area is 109 Å². The molecule has 1 aromatic rings. The van der Waals surface area contributed by atoms with Crippen molar-refractivity contribution in [2.75, 3.05) is 25.6 Å². The summed E-state index contributed by atoms with van der Waals surface area (Å²) in [6, 6.07) is 0. The molecule has 0 saturated heterocycles. The molecule has 0 atom stereocenters. The van der Waals surface area contributed by atoms with Gasteiger partial charge in [-0.15, -0.1) is 5.10 Å². The third kappa shape index (κ3) is 4.36. The van der Waals surface area contributed by atoms with Gasteiger partial charge in [0.05, 0.1) is 6.20 Å². The summed E-state index contributed by atoms with van der Waals surface area (Å²) in [6.07, 6.45) is 4.27. The number of carbonyl (C=O) groups excluding carboxylic acids is 1. The van der Waals surface area contributed by atoms with E-state index in [0.29, 0.717) is 6.54 Å². The predicted octanol–water partition coefficient (Wildman–Crippen LogP) is 0.188. The fraction of sp³-hybridized carbons (Fsp3) is 0.600. The van der Waals surface area contributed by atoms with Gasteiger partial charge in [-0.3, -0.25) is 9.59 Å². The average molecular weight is 272 g/mol. The molecule has 0 spiro atoms. The van der Waals surface area contributed by atoms with E-state index >= 15 is 0 Å². The van der Waals surface area contributed by atoms with Gasteiger partial charge in [-0.05, 0) is 18.4 Å². The summed E-state index contributed by atoms with van der Waals surface area (Å²) in [7, 11) is 1.69. The van der Waals surface area contributed by atoms with Crippen molar-refractivity contribution < 1.29 is 14.7 Å². The van der Waals surface area contributed by atoms with E-state index in [1.54, 1.807) is 23.7 Å². The van der Waals surface area contributed by atoms with Gasteiger partial charge in [-0.2, -0.15) is 11.8 Å². The molecule has 0 aliphatic rings. The molecule has 1 amide bonds. The number of aromatic nitrogens is 3. The molecule has 1 heterocycles. The fourth-order valence-corrected chi connectivity index (χ4v) is 1.77. The van der Waals surface area contributed by atoms with Gasteiger partial charge in [0.25, 0.3) is 5.91 Å². The first-order chi connectivity index (χ1) is 8.54.